The molecule has 0 aliphatic heterocycles. The predicted molar refractivity (Wildman–Crippen MR) is 174 cm³/mol. The lowest BCUT2D eigenvalue weighted by molar-refractivity contribution is -0.139. The van der Waals surface area contributed by atoms with Gasteiger partial charge in [0.05, 0.1) is 5.56 Å². The zero-order valence-electron chi connectivity index (χ0n) is 25.8. The Balaban J connectivity index is 1.92. The van der Waals surface area contributed by atoms with Gasteiger partial charge in [-0.15, -0.1) is 0 Å². The molecule has 4 N–H and O–H groups in total. The van der Waals surface area contributed by atoms with Crippen LogP contribution in [0.3, 0.4) is 0 Å². The van der Waals surface area contributed by atoms with Gasteiger partial charge in [-0.2, -0.15) is 0 Å². The van der Waals surface area contributed by atoms with E-state index in [0.29, 0.717) is 36.5 Å². The van der Waals surface area contributed by atoms with Crippen molar-refractivity contribution in [3.63, 3.8) is 0 Å². The molecule has 2 aromatic carbocycles. The molecule has 2 atom stereocenters. The van der Waals surface area contributed by atoms with E-state index in [0.717, 1.165) is 42.1 Å². The number of nitrogens with zero attached hydrogens (tertiary/aromatic N) is 2. The summed E-state index contributed by atoms with van der Waals surface area (Å²) in [5.74, 6) is -2.21. The number of amides is 3. The van der Waals surface area contributed by atoms with Crippen molar-refractivity contribution in [3.8, 4) is 0 Å². The van der Waals surface area contributed by atoms with Crippen molar-refractivity contribution in [3.05, 3.63) is 70.9 Å². The van der Waals surface area contributed by atoms with Crippen LogP contribution in [0.25, 0.3) is 10.9 Å². The Morgan fingerprint density at radius 1 is 0.977 bits per heavy atom. The molecule has 0 unspecified atom stereocenters. The van der Waals surface area contributed by atoms with Crippen LogP contribution in [0, 0.1) is 0 Å². The van der Waals surface area contributed by atoms with E-state index < -0.39 is 29.9 Å². The van der Waals surface area contributed by atoms with E-state index in [9.17, 15) is 24.3 Å². The molecule has 44 heavy (non-hydrogen) atoms. The van der Waals surface area contributed by atoms with Gasteiger partial charge in [0, 0.05) is 54.1 Å². The zero-order valence-corrected chi connectivity index (χ0v) is 26.5. The highest BCUT2D eigenvalue weighted by atomic mass is 35.5. The number of nitrogens with two attached hydrogens (primary N) is 1. The number of carboxylic acids is 1. The van der Waals surface area contributed by atoms with Gasteiger partial charge in [0.2, 0.25) is 11.8 Å². The van der Waals surface area contributed by atoms with Crippen molar-refractivity contribution >= 4 is 46.2 Å². The fourth-order valence-corrected chi connectivity index (χ4v) is 5.88. The van der Waals surface area contributed by atoms with Crippen LogP contribution in [0.15, 0.2) is 54.7 Å². The number of fused-ring (bicyclic) bond motifs is 1. The number of primary amides is 1. The lowest BCUT2D eigenvalue weighted by Crippen LogP contribution is -2.53. The average molecular weight is 625 g/mol. The molecule has 3 amide bonds. The van der Waals surface area contributed by atoms with Gasteiger partial charge in [0.1, 0.15) is 6.04 Å². The van der Waals surface area contributed by atoms with Crippen molar-refractivity contribution in [2.45, 2.75) is 96.7 Å². The number of para-hydroxylation sites is 1. The highest BCUT2D eigenvalue weighted by Crippen LogP contribution is 2.24. The summed E-state index contributed by atoms with van der Waals surface area (Å²) in [5.41, 5.74) is 7.84. The largest absolute Gasteiger partial charge is 0.481 e. The van der Waals surface area contributed by atoms with Crippen LogP contribution in [-0.2, 0) is 20.9 Å². The number of halogens is 1. The lowest BCUT2D eigenvalue weighted by Gasteiger charge is -2.34. The van der Waals surface area contributed by atoms with Crippen molar-refractivity contribution in [2.24, 2.45) is 5.73 Å². The van der Waals surface area contributed by atoms with E-state index in [2.05, 4.69) is 12.2 Å². The average Bonchev–Trinajstić information content (AvgIpc) is 3.34. The summed E-state index contributed by atoms with van der Waals surface area (Å²) in [7, 11) is 0. The van der Waals surface area contributed by atoms with Crippen LogP contribution in [0.5, 0.6) is 0 Å². The molecular formula is C34H45ClN4O5. The number of carbonyl (C=O) groups is 4. The number of carboxylic acid groups (broad SMARTS) is 1. The van der Waals surface area contributed by atoms with Crippen LogP contribution < -0.4 is 11.1 Å². The molecule has 0 saturated carbocycles. The monoisotopic (exact) mass is 624 g/mol. The lowest BCUT2D eigenvalue weighted by atomic mass is 10.00. The molecule has 0 bridgehead atoms. The summed E-state index contributed by atoms with van der Waals surface area (Å²) < 4.78 is 1.97. The van der Waals surface area contributed by atoms with Crippen molar-refractivity contribution in [1.82, 2.24) is 14.8 Å². The fraction of sp³-hybridized carbons (Fsp3) is 0.471. The standard InChI is InChI=1S/C34H45ClN4O5/c1-3-5-6-7-14-26(21-31(36)40)39(19-4-2)34(44)29(16-11-18-32(41)42)37-33(43)28-23-38(30-17-9-8-15-27(28)30)22-24-12-10-13-25(35)20-24/h8-10,12-13,15,17,20,23,26,29H,3-7,11,14,16,18-19,21-22H2,1-2H3,(H2,36,40)(H,37,43)(H,41,42)/t26-,29-/m0/s1. The molecule has 0 saturated heterocycles. The number of carbonyl (C=O) groups excluding carboxylic acids is 3. The van der Waals surface area contributed by atoms with Gasteiger partial charge in [-0.05, 0) is 49.4 Å². The van der Waals surface area contributed by atoms with Crippen LogP contribution in [-0.4, -0.2) is 56.9 Å². The third kappa shape index (κ3) is 10.1. The highest BCUT2D eigenvalue weighted by Gasteiger charge is 2.32. The van der Waals surface area contributed by atoms with E-state index in [1.54, 1.807) is 17.2 Å². The summed E-state index contributed by atoms with van der Waals surface area (Å²) in [5, 5.41) is 13.6. The first-order chi connectivity index (χ1) is 21.1. The summed E-state index contributed by atoms with van der Waals surface area (Å²) in [6, 6.07) is 13.7. The van der Waals surface area contributed by atoms with E-state index in [1.807, 2.05) is 54.0 Å². The second-order valence-corrected chi connectivity index (χ2v) is 11.8. The topological polar surface area (TPSA) is 135 Å². The number of aliphatic carboxylic acids is 1. The Bertz CT molecular complexity index is 1420. The fourth-order valence-electron chi connectivity index (χ4n) is 5.66. The third-order valence-electron chi connectivity index (χ3n) is 7.78. The van der Waals surface area contributed by atoms with Gasteiger partial charge < -0.3 is 25.6 Å². The zero-order chi connectivity index (χ0) is 32.1. The summed E-state index contributed by atoms with van der Waals surface area (Å²) in [4.78, 5) is 53.0. The van der Waals surface area contributed by atoms with Crippen LogP contribution in [0.1, 0.15) is 94.0 Å². The number of rotatable bonds is 19. The van der Waals surface area contributed by atoms with Gasteiger partial charge >= 0.3 is 5.97 Å². The number of aromatic nitrogens is 1. The van der Waals surface area contributed by atoms with Gasteiger partial charge in [0.15, 0.2) is 0 Å². The summed E-state index contributed by atoms with van der Waals surface area (Å²) >= 11 is 6.20. The van der Waals surface area contributed by atoms with Gasteiger partial charge in [-0.25, -0.2) is 0 Å². The molecule has 9 nitrogen and oxygen atoms in total. The first-order valence-electron chi connectivity index (χ1n) is 15.6. The quantitative estimate of drug-likeness (QED) is 0.138. The minimum atomic E-state index is -0.973. The van der Waals surface area contributed by atoms with E-state index in [-0.39, 0.29) is 31.6 Å². The number of hydrogen-bond donors (Lipinski definition) is 3. The maximum absolute atomic E-state index is 14.1. The second-order valence-electron chi connectivity index (χ2n) is 11.3. The molecule has 3 rings (SSSR count). The molecule has 0 aliphatic rings. The SMILES string of the molecule is CCCCCC[C@@H](CC(N)=O)N(CCC)C(=O)[C@H](CCCC(=O)O)NC(=O)c1cn(Cc2cccc(Cl)c2)c2ccccc12. The molecule has 1 aromatic heterocycles. The predicted octanol–water partition coefficient (Wildman–Crippen LogP) is 6.15. The van der Waals surface area contributed by atoms with E-state index in [4.69, 9.17) is 17.3 Å². The van der Waals surface area contributed by atoms with Gasteiger partial charge in [-0.3, -0.25) is 19.2 Å². The maximum Gasteiger partial charge on any atom is 0.303 e. The van der Waals surface area contributed by atoms with Crippen molar-refractivity contribution in [1.29, 1.82) is 0 Å². The number of nitrogens with one attached hydrogen (secondary N) is 1. The minimum Gasteiger partial charge on any atom is -0.481 e. The molecule has 3 aromatic rings. The van der Waals surface area contributed by atoms with Crippen molar-refractivity contribution < 1.29 is 24.3 Å². The second kappa shape index (κ2) is 17.4. The Labute approximate surface area is 264 Å². The van der Waals surface area contributed by atoms with Crippen LogP contribution >= 0.6 is 11.6 Å². The molecule has 10 heteroatoms. The summed E-state index contributed by atoms with van der Waals surface area (Å²) in [6.07, 6.45) is 7.27. The molecule has 0 aliphatic carbocycles. The molecule has 1 heterocycles. The number of benzene rings is 2. The van der Waals surface area contributed by atoms with E-state index in [1.165, 1.54) is 0 Å². The van der Waals surface area contributed by atoms with Gasteiger partial charge in [-0.1, -0.05) is 81.5 Å². The number of unbranched alkanes of at least 4 members (excludes halogenated alkanes) is 3. The molecule has 238 valence electrons. The maximum atomic E-state index is 14.1. The highest BCUT2D eigenvalue weighted by molar-refractivity contribution is 6.30. The third-order valence-corrected chi connectivity index (χ3v) is 8.01. The molecular weight excluding hydrogens is 580 g/mol. The first-order valence-corrected chi connectivity index (χ1v) is 16.0. The van der Waals surface area contributed by atoms with Crippen molar-refractivity contribution in [2.75, 3.05) is 6.54 Å². The Morgan fingerprint density at radius 2 is 1.75 bits per heavy atom. The number of hydrogen-bond acceptors (Lipinski definition) is 4. The molecule has 0 spiro atoms. The van der Waals surface area contributed by atoms with E-state index >= 15 is 0 Å². The first kappa shape index (κ1) is 34.6. The van der Waals surface area contributed by atoms with Crippen LogP contribution in [0.4, 0.5) is 0 Å². The Morgan fingerprint density at radius 3 is 2.43 bits per heavy atom. The molecule has 0 fully saturated rings. The smallest absolute Gasteiger partial charge is 0.303 e. The summed E-state index contributed by atoms with van der Waals surface area (Å²) in [6.45, 7) is 4.96. The van der Waals surface area contributed by atoms with Crippen LogP contribution in [0.2, 0.25) is 5.02 Å². The van der Waals surface area contributed by atoms with Gasteiger partial charge in [0.25, 0.3) is 5.91 Å². The Hall–Kier alpha value is -3.85. The normalized spacial score (nSPS) is 12.5. The minimum absolute atomic E-state index is 0.0324. The molecule has 0 radical (unpaired) electrons. The Kier molecular flexibility index (Phi) is 13.7.